The normalized spacial score (nSPS) is 20.3. The summed E-state index contributed by atoms with van der Waals surface area (Å²) in [5.74, 6) is 0.196. The maximum Gasteiger partial charge on any atom is 0.317 e. The second-order valence-electron chi connectivity index (χ2n) is 6.56. The van der Waals surface area contributed by atoms with E-state index in [0.29, 0.717) is 5.56 Å². The van der Waals surface area contributed by atoms with Gasteiger partial charge in [0.2, 0.25) is 0 Å². The second kappa shape index (κ2) is 4.21. The number of hydroxylamine groups is 3. The second-order valence-corrected chi connectivity index (χ2v) is 6.56. The van der Waals surface area contributed by atoms with E-state index >= 15 is 0 Å². The third kappa shape index (κ3) is 1.69. The fraction of sp³-hybridized carbons (Fsp3) is 0.353. The first-order chi connectivity index (χ1) is 9.78. The molecule has 0 atom stereocenters. The zero-order valence-electron chi connectivity index (χ0n) is 12.8. The van der Waals surface area contributed by atoms with Gasteiger partial charge in [-0.25, -0.2) is 0 Å². The molecule has 3 rings (SSSR count). The highest BCUT2D eigenvalue weighted by molar-refractivity contribution is 6.07. The summed E-state index contributed by atoms with van der Waals surface area (Å²) in [5.41, 5.74) is -0.890. The summed E-state index contributed by atoms with van der Waals surface area (Å²) in [4.78, 5) is 0. The molecule has 1 aliphatic rings. The van der Waals surface area contributed by atoms with Gasteiger partial charge in [0.15, 0.2) is 5.54 Å². The molecular weight excluding hydrogens is 264 g/mol. The van der Waals surface area contributed by atoms with Crippen LogP contribution in [0.4, 0.5) is 0 Å². The third-order valence-electron chi connectivity index (χ3n) is 4.93. The molecule has 0 aliphatic carbocycles. The lowest BCUT2D eigenvalue weighted by Crippen LogP contribution is -2.53. The Balaban J connectivity index is 2.31. The molecule has 21 heavy (non-hydrogen) atoms. The molecule has 4 nitrogen and oxygen atoms in total. The zero-order valence-corrected chi connectivity index (χ0v) is 12.8. The number of hydrogen-bond acceptors (Lipinski definition) is 2. The van der Waals surface area contributed by atoms with Crippen LogP contribution in [0.5, 0.6) is 0 Å². The van der Waals surface area contributed by atoms with Crippen molar-refractivity contribution in [2.75, 3.05) is 0 Å². The van der Waals surface area contributed by atoms with Crippen molar-refractivity contribution in [1.29, 1.82) is 0 Å². The Morgan fingerprint density at radius 1 is 1.00 bits per heavy atom. The molecule has 0 unspecified atom stereocenters. The number of amidine groups is 1. The molecular formula is C17H19N2O2. The Morgan fingerprint density at radius 2 is 1.62 bits per heavy atom. The van der Waals surface area contributed by atoms with E-state index in [4.69, 9.17) is 0 Å². The molecule has 0 fully saturated rings. The lowest BCUT2D eigenvalue weighted by molar-refractivity contribution is -0.539. The number of nitrogens with zero attached hydrogens (tertiary/aromatic N) is 2. The Morgan fingerprint density at radius 3 is 2.24 bits per heavy atom. The van der Waals surface area contributed by atoms with Gasteiger partial charge < -0.3 is 5.21 Å². The van der Waals surface area contributed by atoms with Crippen molar-refractivity contribution in [3.8, 4) is 0 Å². The Hall–Kier alpha value is -2.07. The predicted molar refractivity (Wildman–Crippen MR) is 82.4 cm³/mol. The van der Waals surface area contributed by atoms with Crippen LogP contribution in [-0.2, 0) is 5.21 Å². The first-order valence-electron chi connectivity index (χ1n) is 7.08. The van der Waals surface area contributed by atoms with Crippen LogP contribution in [0.3, 0.4) is 0 Å². The maximum atomic E-state index is 12.7. The molecule has 0 N–H and O–H groups in total. The van der Waals surface area contributed by atoms with Gasteiger partial charge in [-0.1, -0.05) is 41.5 Å². The highest BCUT2D eigenvalue weighted by atomic mass is 16.5. The average molecular weight is 283 g/mol. The molecule has 1 radical (unpaired) electrons. The van der Waals surface area contributed by atoms with Gasteiger partial charge >= 0.3 is 5.84 Å². The fourth-order valence-electron chi connectivity index (χ4n) is 2.75. The minimum atomic E-state index is -0.791. The molecule has 4 heteroatoms. The van der Waals surface area contributed by atoms with Crippen LogP contribution in [0, 0.1) is 5.21 Å². The molecule has 2 aromatic rings. The van der Waals surface area contributed by atoms with Gasteiger partial charge in [-0.15, -0.1) is 0 Å². The summed E-state index contributed by atoms with van der Waals surface area (Å²) in [6, 6.07) is 13.5. The number of fused-ring (bicyclic) bond motifs is 1. The Kier molecular flexibility index (Phi) is 2.79. The van der Waals surface area contributed by atoms with Gasteiger partial charge in [0.25, 0.3) is 0 Å². The monoisotopic (exact) mass is 283 g/mol. The van der Waals surface area contributed by atoms with E-state index in [1.807, 2.05) is 70.2 Å². The molecule has 0 bridgehead atoms. The quantitative estimate of drug-likeness (QED) is 0.595. The van der Waals surface area contributed by atoms with Crippen molar-refractivity contribution in [2.45, 2.75) is 38.8 Å². The predicted octanol–water partition coefficient (Wildman–Crippen LogP) is 3.32. The van der Waals surface area contributed by atoms with E-state index in [2.05, 4.69) is 0 Å². The van der Waals surface area contributed by atoms with Crippen LogP contribution in [-0.4, -0.2) is 26.7 Å². The van der Waals surface area contributed by atoms with Gasteiger partial charge in [-0.05, 0) is 44.5 Å². The third-order valence-corrected chi connectivity index (χ3v) is 4.93. The highest BCUT2D eigenvalue weighted by Crippen LogP contribution is 2.38. The van der Waals surface area contributed by atoms with Crippen LogP contribution in [0.2, 0.25) is 0 Å². The molecule has 0 amide bonds. The molecule has 2 aromatic carbocycles. The maximum absolute atomic E-state index is 12.7. The largest absolute Gasteiger partial charge is 0.714 e. The van der Waals surface area contributed by atoms with Gasteiger partial charge in [0.1, 0.15) is 5.54 Å². The van der Waals surface area contributed by atoms with E-state index in [-0.39, 0.29) is 5.84 Å². The minimum Gasteiger partial charge on any atom is -0.714 e. The number of rotatable bonds is 1. The van der Waals surface area contributed by atoms with Gasteiger partial charge in [-0.2, -0.15) is 0 Å². The van der Waals surface area contributed by atoms with Crippen molar-refractivity contribution in [2.24, 2.45) is 0 Å². The Labute approximate surface area is 124 Å². The number of benzene rings is 2. The summed E-state index contributed by atoms with van der Waals surface area (Å²) in [6.07, 6.45) is 0. The van der Waals surface area contributed by atoms with Crippen LogP contribution in [0.15, 0.2) is 42.5 Å². The lowest BCUT2D eigenvalue weighted by atomic mass is 9.84. The van der Waals surface area contributed by atoms with E-state index < -0.39 is 11.1 Å². The smallest absolute Gasteiger partial charge is 0.317 e. The summed E-state index contributed by atoms with van der Waals surface area (Å²) < 4.78 is 0.863. The molecule has 0 saturated carbocycles. The van der Waals surface area contributed by atoms with Crippen molar-refractivity contribution in [3.05, 3.63) is 53.2 Å². The molecule has 0 saturated heterocycles. The van der Waals surface area contributed by atoms with E-state index in [1.165, 1.54) is 0 Å². The fourth-order valence-corrected chi connectivity index (χ4v) is 2.75. The van der Waals surface area contributed by atoms with Crippen LogP contribution in [0.25, 0.3) is 10.8 Å². The summed E-state index contributed by atoms with van der Waals surface area (Å²) in [5, 5.41) is 28.3. The lowest BCUT2D eigenvalue weighted by Gasteiger charge is -2.32. The van der Waals surface area contributed by atoms with Gasteiger partial charge in [-0.3, -0.25) is 4.74 Å². The summed E-state index contributed by atoms with van der Waals surface area (Å²) in [7, 11) is 0. The van der Waals surface area contributed by atoms with Crippen LogP contribution >= 0.6 is 0 Å². The van der Waals surface area contributed by atoms with Crippen molar-refractivity contribution < 1.29 is 9.95 Å². The first-order valence-corrected chi connectivity index (χ1v) is 7.08. The van der Waals surface area contributed by atoms with E-state index in [1.54, 1.807) is 0 Å². The van der Waals surface area contributed by atoms with Crippen LogP contribution in [0.1, 0.15) is 33.3 Å². The first kappa shape index (κ1) is 13.9. The average Bonchev–Trinajstić information content (AvgIpc) is 2.57. The molecule has 109 valence electrons. The molecule has 0 spiro atoms. The standard InChI is InChI=1S/C17H19N2O2/c1-16(2)17(3,4)19(21)15(18(16)20)14-11-7-9-12-8-5-6-10-13(12)14/h5-11H,1-4H3. The van der Waals surface area contributed by atoms with Crippen LogP contribution < -0.4 is 0 Å². The molecule has 0 aromatic heterocycles. The van der Waals surface area contributed by atoms with Gasteiger partial charge in [0, 0.05) is 5.21 Å². The summed E-state index contributed by atoms with van der Waals surface area (Å²) in [6.45, 7) is 7.23. The highest BCUT2D eigenvalue weighted by Gasteiger charge is 2.60. The minimum absolute atomic E-state index is 0.196. The van der Waals surface area contributed by atoms with Crippen molar-refractivity contribution >= 4 is 16.6 Å². The van der Waals surface area contributed by atoms with Crippen molar-refractivity contribution in [3.63, 3.8) is 0 Å². The molecule has 1 aliphatic heterocycles. The zero-order chi connectivity index (χ0) is 15.4. The number of hydrogen-bond donors (Lipinski definition) is 0. The van der Waals surface area contributed by atoms with E-state index in [9.17, 15) is 10.4 Å². The Bertz CT molecular complexity index is 742. The topological polar surface area (TPSA) is 49.2 Å². The SMILES string of the molecule is CC1(C)N([O])C(c2cccc3ccccc23)=[N+]([O-])C1(C)C. The van der Waals surface area contributed by atoms with Crippen molar-refractivity contribution in [1.82, 2.24) is 5.06 Å². The van der Waals surface area contributed by atoms with Gasteiger partial charge in [0.05, 0.1) is 5.56 Å². The van der Waals surface area contributed by atoms with E-state index in [0.717, 1.165) is 20.6 Å². The molecule has 1 heterocycles. The summed E-state index contributed by atoms with van der Waals surface area (Å²) >= 11 is 0.